The fourth-order valence-corrected chi connectivity index (χ4v) is 3.46. The molecular weight excluding hydrogens is 393 g/mol. The van der Waals surface area contributed by atoms with Crippen molar-refractivity contribution in [1.29, 1.82) is 0 Å². The van der Waals surface area contributed by atoms with Gasteiger partial charge in [-0.2, -0.15) is 0 Å². The van der Waals surface area contributed by atoms with Crippen LogP contribution in [-0.4, -0.2) is 9.97 Å². The Morgan fingerprint density at radius 1 is 1.05 bits per heavy atom. The normalized spacial score (nSPS) is 11.1. The number of benzene rings is 2. The monoisotopic (exact) mass is 399 g/mol. The SMILES string of the molecule is Nc1cc(Cl)cc2[nH]c(-c3cc(Br)cc(Br)c3)nc12. The van der Waals surface area contributed by atoms with Crippen molar-refractivity contribution in [3.63, 3.8) is 0 Å². The molecule has 0 unspecified atom stereocenters. The fourth-order valence-electron chi connectivity index (χ4n) is 1.93. The van der Waals surface area contributed by atoms with Gasteiger partial charge in [-0.3, -0.25) is 0 Å². The topological polar surface area (TPSA) is 54.7 Å². The summed E-state index contributed by atoms with van der Waals surface area (Å²) >= 11 is 12.9. The van der Waals surface area contributed by atoms with E-state index in [4.69, 9.17) is 17.3 Å². The molecule has 0 amide bonds. The van der Waals surface area contributed by atoms with Gasteiger partial charge in [-0.05, 0) is 30.3 Å². The number of nitrogens with zero attached hydrogens (tertiary/aromatic N) is 1. The minimum absolute atomic E-state index is 0.569. The minimum Gasteiger partial charge on any atom is -0.397 e. The number of fused-ring (bicyclic) bond motifs is 1. The Bertz CT molecular complexity index is 763. The number of aromatic nitrogens is 2. The molecule has 3 aromatic rings. The average Bonchev–Trinajstić information content (AvgIpc) is 2.71. The van der Waals surface area contributed by atoms with Crippen LogP contribution in [0.2, 0.25) is 5.02 Å². The molecule has 19 heavy (non-hydrogen) atoms. The molecule has 96 valence electrons. The molecule has 0 spiro atoms. The molecule has 0 aliphatic heterocycles. The van der Waals surface area contributed by atoms with Gasteiger partial charge in [-0.1, -0.05) is 43.5 Å². The van der Waals surface area contributed by atoms with E-state index >= 15 is 0 Å². The van der Waals surface area contributed by atoms with Gasteiger partial charge in [0, 0.05) is 19.5 Å². The Kier molecular flexibility index (Phi) is 3.28. The molecule has 1 heterocycles. The molecule has 2 aromatic carbocycles. The summed E-state index contributed by atoms with van der Waals surface area (Å²) in [6.07, 6.45) is 0. The zero-order valence-corrected chi connectivity index (χ0v) is 13.5. The Hall–Kier alpha value is -1.04. The van der Waals surface area contributed by atoms with Crippen molar-refractivity contribution in [2.75, 3.05) is 5.73 Å². The molecule has 0 bridgehead atoms. The van der Waals surface area contributed by atoms with Gasteiger partial charge in [-0.15, -0.1) is 0 Å². The van der Waals surface area contributed by atoms with E-state index in [0.717, 1.165) is 31.4 Å². The van der Waals surface area contributed by atoms with Crippen LogP contribution in [0.25, 0.3) is 22.4 Å². The molecule has 0 saturated heterocycles. The number of hydrogen-bond donors (Lipinski definition) is 2. The number of anilines is 1. The maximum Gasteiger partial charge on any atom is 0.138 e. The van der Waals surface area contributed by atoms with Crippen molar-refractivity contribution >= 4 is 60.2 Å². The van der Waals surface area contributed by atoms with Crippen molar-refractivity contribution in [2.24, 2.45) is 0 Å². The fraction of sp³-hybridized carbons (Fsp3) is 0. The minimum atomic E-state index is 0.569. The maximum atomic E-state index is 5.99. The Morgan fingerprint density at radius 3 is 2.42 bits per heavy atom. The van der Waals surface area contributed by atoms with Crippen molar-refractivity contribution in [3.8, 4) is 11.4 Å². The van der Waals surface area contributed by atoms with Crippen LogP contribution in [0, 0.1) is 0 Å². The second-order valence-corrected chi connectivity index (χ2v) is 6.40. The van der Waals surface area contributed by atoms with E-state index in [1.54, 1.807) is 6.07 Å². The first kappa shape index (κ1) is 13.0. The number of nitrogen functional groups attached to an aromatic ring is 1. The van der Waals surface area contributed by atoms with Gasteiger partial charge in [0.25, 0.3) is 0 Å². The summed E-state index contributed by atoms with van der Waals surface area (Å²) in [5.74, 6) is 0.756. The lowest BCUT2D eigenvalue weighted by Crippen LogP contribution is -1.86. The van der Waals surface area contributed by atoms with Crippen molar-refractivity contribution < 1.29 is 0 Å². The Labute approximate surface area is 131 Å². The lowest BCUT2D eigenvalue weighted by molar-refractivity contribution is 1.33. The van der Waals surface area contributed by atoms with Gasteiger partial charge in [-0.25, -0.2) is 4.98 Å². The van der Waals surface area contributed by atoms with Crippen LogP contribution < -0.4 is 5.73 Å². The quantitative estimate of drug-likeness (QED) is 0.565. The highest BCUT2D eigenvalue weighted by molar-refractivity contribution is 9.11. The third-order valence-electron chi connectivity index (χ3n) is 2.72. The second kappa shape index (κ2) is 4.81. The summed E-state index contributed by atoms with van der Waals surface area (Å²) < 4.78 is 1.95. The highest BCUT2D eigenvalue weighted by Crippen LogP contribution is 2.30. The van der Waals surface area contributed by atoms with Crippen LogP contribution in [0.4, 0.5) is 5.69 Å². The summed E-state index contributed by atoms with van der Waals surface area (Å²) in [5.41, 5.74) is 9.02. The average molecular weight is 401 g/mol. The molecular formula is C13H8Br2ClN3. The number of H-pyrrole nitrogens is 1. The first-order valence-corrected chi connectivity index (χ1v) is 7.40. The van der Waals surface area contributed by atoms with E-state index in [9.17, 15) is 0 Å². The molecule has 0 fully saturated rings. The first-order valence-electron chi connectivity index (χ1n) is 5.44. The second-order valence-electron chi connectivity index (χ2n) is 4.13. The van der Waals surface area contributed by atoms with Crippen molar-refractivity contribution in [1.82, 2.24) is 9.97 Å². The predicted octanol–water partition coefficient (Wildman–Crippen LogP) is 4.99. The molecule has 3 N–H and O–H groups in total. The molecule has 0 saturated carbocycles. The lowest BCUT2D eigenvalue weighted by atomic mass is 10.2. The van der Waals surface area contributed by atoms with Crippen molar-refractivity contribution in [3.05, 3.63) is 44.3 Å². The van der Waals surface area contributed by atoms with Gasteiger partial charge in [0.05, 0.1) is 11.2 Å². The van der Waals surface area contributed by atoms with Crippen LogP contribution >= 0.6 is 43.5 Å². The molecule has 1 aromatic heterocycles. The van der Waals surface area contributed by atoms with Crippen LogP contribution in [0.15, 0.2) is 39.3 Å². The van der Waals surface area contributed by atoms with Gasteiger partial charge in [0.15, 0.2) is 0 Å². The molecule has 0 aliphatic rings. The van der Waals surface area contributed by atoms with Crippen molar-refractivity contribution in [2.45, 2.75) is 0 Å². The maximum absolute atomic E-state index is 5.99. The molecule has 0 atom stereocenters. The number of halogens is 3. The number of nitrogens with one attached hydrogen (secondary N) is 1. The largest absolute Gasteiger partial charge is 0.397 e. The number of aromatic amines is 1. The van der Waals surface area contributed by atoms with E-state index in [1.807, 2.05) is 24.3 Å². The standard InChI is InChI=1S/C13H8Br2ClN3/c14-7-1-6(2-8(15)3-7)13-18-11-5-9(16)4-10(17)12(11)19-13/h1-5H,17H2,(H,18,19). The molecule has 6 heteroatoms. The molecule has 0 radical (unpaired) electrons. The summed E-state index contributed by atoms with van der Waals surface area (Å²) in [6.45, 7) is 0. The highest BCUT2D eigenvalue weighted by atomic mass is 79.9. The van der Waals surface area contributed by atoms with Gasteiger partial charge in [0.1, 0.15) is 11.3 Å². The third-order valence-corrected chi connectivity index (χ3v) is 3.85. The summed E-state index contributed by atoms with van der Waals surface area (Å²) in [6, 6.07) is 9.46. The van der Waals surface area contributed by atoms with Crippen LogP contribution in [0.1, 0.15) is 0 Å². The summed E-state index contributed by atoms with van der Waals surface area (Å²) in [5, 5.41) is 0.593. The van der Waals surface area contributed by atoms with E-state index < -0.39 is 0 Å². The summed E-state index contributed by atoms with van der Waals surface area (Å²) in [7, 11) is 0. The highest BCUT2D eigenvalue weighted by Gasteiger charge is 2.10. The lowest BCUT2D eigenvalue weighted by Gasteiger charge is -1.99. The molecule has 3 nitrogen and oxygen atoms in total. The number of nitrogens with two attached hydrogens (primary N) is 1. The van der Waals surface area contributed by atoms with E-state index in [-0.39, 0.29) is 0 Å². The molecule has 0 aliphatic carbocycles. The number of rotatable bonds is 1. The van der Waals surface area contributed by atoms with E-state index in [2.05, 4.69) is 41.8 Å². The first-order chi connectivity index (χ1) is 9.02. The predicted molar refractivity (Wildman–Crippen MR) is 86.4 cm³/mol. The van der Waals surface area contributed by atoms with E-state index in [1.165, 1.54) is 0 Å². The number of hydrogen-bond acceptors (Lipinski definition) is 2. The number of imidazole rings is 1. The smallest absolute Gasteiger partial charge is 0.138 e. The Balaban J connectivity index is 2.23. The van der Waals surface area contributed by atoms with Crippen LogP contribution in [0.3, 0.4) is 0 Å². The Morgan fingerprint density at radius 2 is 1.74 bits per heavy atom. The zero-order chi connectivity index (χ0) is 13.6. The third kappa shape index (κ3) is 2.50. The zero-order valence-electron chi connectivity index (χ0n) is 9.55. The summed E-state index contributed by atoms with van der Waals surface area (Å²) in [4.78, 5) is 7.76. The van der Waals surface area contributed by atoms with Crippen LogP contribution in [0.5, 0.6) is 0 Å². The van der Waals surface area contributed by atoms with Gasteiger partial charge >= 0.3 is 0 Å². The van der Waals surface area contributed by atoms with Gasteiger partial charge < -0.3 is 10.7 Å². The van der Waals surface area contributed by atoms with Gasteiger partial charge in [0.2, 0.25) is 0 Å². The van der Waals surface area contributed by atoms with E-state index in [0.29, 0.717) is 10.7 Å². The van der Waals surface area contributed by atoms with Crippen LogP contribution in [-0.2, 0) is 0 Å². The molecule has 3 rings (SSSR count).